The number of carbonyl (C=O) groups excluding carboxylic acids is 1. The summed E-state index contributed by atoms with van der Waals surface area (Å²) in [6.07, 6.45) is 2.08. The third-order valence-electron chi connectivity index (χ3n) is 6.90. The fraction of sp³-hybridized carbons (Fsp3) is 0.310. The zero-order valence-electron chi connectivity index (χ0n) is 24.8. The summed E-state index contributed by atoms with van der Waals surface area (Å²) < 4.78 is 8.15. The average Bonchev–Trinajstić information content (AvgIpc) is 3.33. The Bertz CT molecular complexity index is 1810. The lowest BCUT2D eigenvalue weighted by atomic mass is 10.0. The van der Waals surface area contributed by atoms with Gasteiger partial charge in [-0.2, -0.15) is 0 Å². The quantitative estimate of drug-likeness (QED) is 0.0268. The zero-order valence-corrected chi connectivity index (χ0v) is 28.0. The van der Waals surface area contributed by atoms with Crippen LogP contribution >= 0.6 is 31.9 Å². The van der Waals surface area contributed by atoms with Crippen LogP contribution in [0.15, 0.2) is 43.3 Å². The van der Waals surface area contributed by atoms with Gasteiger partial charge in [-0.05, 0) is 55.6 Å². The largest absolute Gasteiger partial charge is 0.506 e. The molecule has 0 fully saturated rings. The highest BCUT2D eigenvalue weighted by atomic mass is 79.9. The van der Waals surface area contributed by atoms with Crippen LogP contribution in [-0.2, 0) is 17.6 Å². The van der Waals surface area contributed by atoms with Crippen LogP contribution in [0.5, 0.6) is 23.0 Å². The number of amides is 1. The number of aromatic hydroxyl groups is 3. The summed E-state index contributed by atoms with van der Waals surface area (Å²) >= 11 is 7.04. The summed E-state index contributed by atoms with van der Waals surface area (Å²) in [5.41, 5.74) is 6.30. The van der Waals surface area contributed by atoms with Crippen LogP contribution in [-0.4, -0.2) is 87.4 Å². The molecule has 4 aromatic rings. The molecule has 14 nitrogen and oxygen atoms in total. The summed E-state index contributed by atoms with van der Waals surface area (Å²) in [7, 11) is 6.35. The van der Waals surface area contributed by atoms with Gasteiger partial charge in [0.05, 0.1) is 59.7 Å². The van der Waals surface area contributed by atoms with E-state index in [4.69, 9.17) is 10.5 Å². The number of oxime groups is 1. The summed E-state index contributed by atoms with van der Waals surface area (Å²) in [6, 6.07) is 4.82. The second-order valence-electron chi connectivity index (χ2n) is 11.4. The van der Waals surface area contributed by atoms with Gasteiger partial charge in [0.1, 0.15) is 34.3 Å². The maximum absolute atomic E-state index is 12.9. The van der Waals surface area contributed by atoms with Gasteiger partial charge in [0.25, 0.3) is 5.91 Å². The van der Waals surface area contributed by atoms with E-state index in [1.165, 1.54) is 6.07 Å². The molecule has 2 aromatic carbocycles. The van der Waals surface area contributed by atoms with Crippen LogP contribution in [0.3, 0.4) is 0 Å². The van der Waals surface area contributed by atoms with Crippen LogP contribution in [0.4, 0.5) is 5.95 Å². The number of hydrogen-bond donors (Lipinski definition) is 8. The van der Waals surface area contributed by atoms with E-state index in [1.807, 2.05) is 0 Å². The zero-order chi connectivity index (χ0) is 33.1. The van der Waals surface area contributed by atoms with Crippen LogP contribution in [0.1, 0.15) is 17.7 Å². The molecule has 0 aliphatic carbocycles. The first-order chi connectivity index (χ1) is 21.2. The maximum Gasteiger partial charge on any atom is 0.350 e. The molecule has 0 radical (unpaired) electrons. The Kier molecular flexibility index (Phi) is 10.3. The number of halogens is 2. The number of rotatable bonds is 12. The first kappa shape index (κ1) is 33.6. The number of nitrogen functional groups attached to an aromatic ring is 1. The fourth-order valence-electron chi connectivity index (χ4n) is 4.76. The lowest BCUT2D eigenvalue weighted by molar-refractivity contribution is -0.870. The van der Waals surface area contributed by atoms with E-state index >= 15 is 0 Å². The van der Waals surface area contributed by atoms with E-state index in [0.29, 0.717) is 32.6 Å². The molecule has 0 unspecified atom stereocenters. The van der Waals surface area contributed by atoms with Crippen LogP contribution in [0.25, 0.3) is 22.2 Å². The number of quaternary nitrogens is 1. The molecule has 0 saturated carbocycles. The van der Waals surface area contributed by atoms with Crippen molar-refractivity contribution in [3.63, 3.8) is 0 Å². The summed E-state index contributed by atoms with van der Waals surface area (Å²) in [4.78, 5) is 33.7. The van der Waals surface area contributed by atoms with Crippen molar-refractivity contribution in [1.82, 2.24) is 15.3 Å². The number of pyridine rings is 1. The van der Waals surface area contributed by atoms with E-state index in [9.17, 15) is 30.1 Å². The lowest BCUT2D eigenvalue weighted by Crippen LogP contribution is -2.36. The number of ether oxygens (including phenoxy) is 1. The molecule has 240 valence electrons. The second-order valence-corrected chi connectivity index (χ2v) is 13.1. The first-order valence-corrected chi connectivity index (χ1v) is 15.4. The molecular weight excluding hydrogens is 718 g/mol. The first-order valence-electron chi connectivity index (χ1n) is 13.8. The van der Waals surface area contributed by atoms with Crippen molar-refractivity contribution in [1.29, 1.82) is 0 Å². The number of imidazole rings is 1. The Hall–Kier alpha value is -4.28. The van der Waals surface area contributed by atoms with Crippen LogP contribution in [0, 0.1) is 0 Å². The Morgan fingerprint density at radius 3 is 2.47 bits per heavy atom. The van der Waals surface area contributed by atoms with Crippen molar-refractivity contribution in [2.45, 2.75) is 19.3 Å². The predicted octanol–water partition coefficient (Wildman–Crippen LogP) is 2.77. The SMILES string of the molecule is C[N+](C)(C)CCCOc1c(Br)cc(C/C(=N\O)C(=O)NCCc2[nH]c(N)[nH+]c2-c2cc(O)c3[nH]cc(O)c(=O)c3c2O)cc1Br. The average molecular weight is 753 g/mol. The summed E-state index contributed by atoms with van der Waals surface area (Å²) in [5.74, 6) is -1.33. The number of hydrogen-bond acceptors (Lipinski definition) is 9. The van der Waals surface area contributed by atoms with Crippen molar-refractivity contribution in [2.75, 3.05) is 46.6 Å². The van der Waals surface area contributed by atoms with Gasteiger partial charge in [-0.15, -0.1) is 0 Å². The molecule has 0 aliphatic heterocycles. The third kappa shape index (κ3) is 7.87. The van der Waals surface area contributed by atoms with Gasteiger partial charge in [0.2, 0.25) is 5.43 Å². The molecule has 2 aromatic heterocycles. The fourth-order valence-corrected chi connectivity index (χ4v) is 6.27. The van der Waals surface area contributed by atoms with Crippen LogP contribution in [0.2, 0.25) is 0 Å². The number of aromatic nitrogens is 3. The second kappa shape index (κ2) is 13.8. The minimum atomic E-state index is -0.872. The number of aromatic amines is 3. The number of nitrogens with two attached hydrogens (primary N) is 1. The van der Waals surface area contributed by atoms with E-state index in [2.05, 4.69) is 78.4 Å². The number of phenolic OH excluding ortho intramolecular Hbond substituents is 2. The molecule has 45 heavy (non-hydrogen) atoms. The highest BCUT2D eigenvalue weighted by molar-refractivity contribution is 9.11. The standard InChI is InChI=1S/C29H33Br2N7O7/c1-38(2,3)7-4-8-45-27-16(30)9-14(10-17(27)31)11-19(37-44)28(43)33-6-5-18-23(36-29(32)35-18)15-12-20(39)24-22(25(15)41)26(42)21(40)13-34-24/h9-10,12-13H,4-8,11H2,1-3H3,(H8-,32,33,34,35,36,37,39,40,41,42,43,44)/p+2. The smallest absolute Gasteiger partial charge is 0.350 e. The number of nitrogens with one attached hydrogen (secondary N) is 4. The summed E-state index contributed by atoms with van der Waals surface area (Å²) in [5, 5.41) is 46.5. The molecule has 0 atom stereocenters. The van der Waals surface area contributed by atoms with Crippen molar-refractivity contribution in [2.24, 2.45) is 5.16 Å². The van der Waals surface area contributed by atoms with Gasteiger partial charge >= 0.3 is 5.95 Å². The van der Waals surface area contributed by atoms with Gasteiger partial charge in [-0.1, -0.05) is 5.16 Å². The van der Waals surface area contributed by atoms with Crippen molar-refractivity contribution >= 4 is 60.3 Å². The lowest BCUT2D eigenvalue weighted by Gasteiger charge is -2.23. The molecule has 2 heterocycles. The summed E-state index contributed by atoms with van der Waals surface area (Å²) in [6.45, 7) is 1.55. The highest BCUT2D eigenvalue weighted by Crippen LogP contribution is 2.39. The Balaban J connectivity index is 1.43. The van der Waals surface area contributed by atoms with E-state index in [1.54, 1.807) is 12.1 Å². The predicted molar refractivity (Wildman–Crippen MR) is 175 cm³/mol. The van der Waals surface area contributed by atoms with Gasteiger partial charge in [-0.25, -0.2) is 9.97 Å². The van der Waals surface area contributed by atoms with Gasteiger partial charge in [0.15, 0.2) is 5.75 Å². The van der Waals surface area contributed by atoms with Crippen molar-refractivity contribution in [3.8, 4) is 34.3 Å². The van der Waals surface area contributed by atoms with Gasteiger partial charge < -0.3 is 40.0 Å². The number of phenols is 2. The van der Waals surface area contributed by atoms with E-state index in [-0.39, 0.29) is 59.0 Å². The van der Waals surface area contributed by atoms with E-state index in [0.717, 1.165) is 23.6 Å². The molecule has 16 heteroatoms. The Labute approximate surface area is 274 Å². The molecule has 0 bridgehead atoms. The topological polar surface area (TPSA) is 220 Å². The number of fused-ring (bicyclic) bond motifs is 1. The van der Waals surface area contributed by atoms with Crippen molar-refractivity contribution in [3.05, 3.63) is 54.8 Å². The molecule has 0 aliphatic rings. The highest BCUT2D eigenvalue weighted by Gasteiger charge is 2.24. The molecule has 4 rings (SSSR count). The normalized spacial score (nSPS) is 12.1. The van der Waals surface area contributed by atoms with Gasteiger partial charge in [-0.3, -0.25) is 15.3 Å². The van der Waals surface area contributed by atoms with Crippen LogP contribution < -0.4 is 26.2 Å². The number of carbonyl (C=O) groups is 1. The molecule has 0 saturated heterocycles. The number of anilines is 1. The Morgan fingerprint density at radius 2 is 1.82 bits per heavy atom. The molecule has 1 amide bonds. The van der Waals surface area contributed by atoms with Crippen molar-refractivity contribution < 1.29 is 39.5 Å². The number of H-pyrrole nitrogens is 3. The maximum atomic E-state index is 12.9. The minimum absolute atomic E-state index is 0.0292. The monoisotopic (exact) mass is 751 g/mol. The molecule has 10 N–H and O–H groups in total. The third-order valence-corrected chi connectivity index (χ3v) is 8.08. The minimum Gasteiger partial charge on any atom is -0.506 e. The molecule has 0 spiro atoms. The Morgan fingerprint density at radius 1 is 1.13 bits per heavy atom. The van der Waals surface area contributed by atoms with E-state index < -0.39 is 22.8 Å². The number of nitrogens with zero attached hydrogens (tertiary/aromatic N) is 2. The van der Waals surface area contributed by atoms with Gasteiger partial charge in [0, 0.05) is 32.0 Å². The number of benzene rings is 2. The molecular formula is C29H35Br2N7O7+2.